The summed E-state index contributed by atoms with van der Waals surface area (Å²) in [6, 6.07) is 11.1. The summed E-state index contributed by atoms with van der Waals surface area (Å²) < 4.78 is 0.898. The van der Waals surface area contributed by atoms with Gasteiger partial charge in [-0.25, -0.2) is 9.97 Å². The standard InChI is InChI=1S/C19H16BrN5O2/c20-12-3-1-2-11(8-12)16(26)10-23-14-5-7-22-19(27)17(14)18-24-13-4-6-21-9-15(13)25-18/h1-9,16,26H,10H2,(H,24,25)(H2,22,23,27)/p+1. The molecule has 1 atom stereocenters. The topological polar surface area (TPSA) is 108 Å². The van der Waals surface area contributed by atoms with Crippen LogP contribution >= 0.6 is 15.9 Å². The number of hydrogen-bond acceptors (Lipinski definition) is 4. The van der Waals surface area contributed by atoms with E-state index in [2.05, 4.69) is 41.2 Å². The number of imidazole rings is 1. The van der Waals surface area contributed by atoms with E-state index in [-0.39, 0.29) is 12.1 Å². The van der Waals surface area contributed by atoms with E-state index in [0.717, 1.165) is 21.1 Å². The van der Waals surface area contributed by atoms with Crippen LogP contribution in [0.4, 0.5) is 5.69 Å². The van der Waals surface area contributed by atoms with E-state index in [4.69, 9.17) is 0 Å². The van der Waals surface area contributed by atoms with Crippen molar-refractivity contribution in [3.8, 4) is 11.4 Å². The van der Waals surface area contributed by atoms with Gasteiger partial charge in [-0.3, -0.25) is 4.79 Å². The molecule has 1 aromatic carbocycles. The minimum absolute atomic E-state index is 0.251. The Kier molecular flexibility index (Phi) is 4.74. The zero-order chi connectivity index (χ0) is 18.8. The summed E-state index contributed by atoms with van der Waals surface area (Å²) in [7, 11) is 0. The van der Waals surface area contributed by atoms with Crippen LogP contribution in [0.5, 0.6) is 0 Å². The van der Waals surface area contributed by atoms with Crippen molar-refractivity contribution in [2.45, 2.75) is 6.10 Å². The lowest BCUT2D eigenvalue weighted by Gasteiger charge is -2.15. The maximum atomic E-state index is 12.4. The van der Waals surface area contributed by atoms with E-state index >= 15 is 0 Å². The third-order valence-corrected chi connectivity index (χ3v) is 4.74. The van der Waals surface area contributed by atoms with Gasteiger partial charge in [0.15, 0.2) is 12.4 Å². The first kappa shape index (κ1) is 17.4. The smallest absolute Gasteiger partial charge is 0.261 e. The molecule has 0 spiro atoms. The number of pyridine rings is 2. The van der Waals surface area contributed by atoms with Crippen LogP contribution in [0.15, 0.2) is 64.3 Å². The van der Waals surface area contributed by atoms with Crippen molar-refractivity contribution in [2.75, 3.05) is 11.9 Å². The second-order valence-electron chi connectivity index (χ2n) is 6.08. The molecular weight excluding hydrogens is 410 g/mol. The van der Waals surface area contributed by atoms with E-state index in [1.165, 1.54) is 0 Å². The lowest BCUT2D eigenvalue weighted by atomic mass is 10.1. The molecule has 0 amide bonds. The van der Waals surface area contributed by atoms with Gasteiger partial charge in [0, 0.05) is 23.3 Å². The second kappa shape index (κ2) is 7.34. The molecule has 27 heavy (non-hydrogen) atoms. The average Bonchev–Trinajstić information content (AvgIpc) is 3.09. The van der Waals surface area contributed by atoms with Gasteiger partial charge in [-0.05, 0) is 23.8 Å². The molecule has 0 bridgehead atoms. The summed E-state index contributed by atoms with van der Waals surface area (Å²) in [6.07, 6.45) is 4.40. The molecular formula is C19H17BrN5O2+. The minimum atomic E-state index is -0.722. The van der Waals surface area contributed by atoms with Gasteiger partial charge in [-0.1, -0.05) is 28.1 Å². The van der Waals surface area contributed by atoms with Crippen molar-refractivity contribution in [3.05, 3.63) is 75.4 Å². The molecule has 4 aromatic rings. The SMILES string of the molecule is O=c1[nH]ccc(NCC(O)c2cccc(Br)c2)c1-c1nc2cc[nH+]cc2[nH]1. The molecule has 3 aromatic heterocycles. The Morgan fingerprint density at radius 2 is 2.19 bits per heavy atom. The molecule has 136 valence electrons. The monoisotopic (exact) mass is 426 g/mol. The quantitative estimate of drug-likeness (QED) is 0.393. The lowest BCUT2D eigenvalue weighted by Crippen LogP contribution is -2.17. The predicted molar refractivity (Wildman–Crippen MR) is 106 cm³/mol. The van der Waals surface area contributed by atoms with Crippen molar-refractivity contribution in [3.63, 3.8) is 0 Å². The number of aliphatic hydroxyl groups excluding tert-OH is 1. The number of anilines is 1. The largest absolute Gasteiger partial charge is 0.387 e. The Morgan fingerprint density at radius 1 is 1.30 bits per heavy atom. The molecule has 0 radical (unpaired) electrons. The first-order valence-corrected chi connectivity index (χ1v) is 9.16. The predicted octanol–water partition coefficient (Wildman–Crippen LogP) is 2.64. The first-order valence-electron chi connectivity index (χ1n) is 8.37. The number of halogens is 1. The van der Waals surface area contributed by atoms with Crippen LogP contribution in [-0.4, -0.2) is 26.6 Å². The highest BCUT2D eigenvalue weighted by molar-refractivity contribution is 9.10. The van der Waals surface area contributed by atoms with Gasteiger partial charge in [-0.2, -0.15) is 0 Å². The third-order valence-electron chi connectivity index (χ3n) is 4.24. The Bertz CT molecular complexity index is 1120. The molecule has 0 aliphatic rings. The summed E-state index contributed by atoms with van der Waals surface area (Å²) >= 11 is 3.40. The zero-order valence-electron chi connectivity index (χ0n) is 14.2. The van der Waals surface area contributed by atoms with Crippen LogP contribution in [0, 0.1) is 0 Å². The number of benzene rings is 1. The number of fused-ring (bicyclic) bond motifs is 1. The molecule has 0 aliphatic carbocycles. The zero-order valence-corrected chi connectivity index (χ0v) is 15.7. The van der Waals surface area contributed by atoms with Crippen LogP contribution in [-0.2, 0) is 0 Å². The van der Waals surface area contributed by atoms with Crippen molar-refractivity contribution < 1.29 is 10.1 Å². The maximum Gasteiger partial charge on any atom is 0.261 e. The molecule has 0 saturated carbocycles. The first-order chi connectivity index (χ1) is 13.1. The van der Waals surface area contributed by atoms with E-state index in [9.17, 15) is 9.90 Å². The van der Waals surface area contributed by atoms with E-state index < -0.39 is 6.10 Å². The van der Waals surface area contributed by atoms with E-state index in [1.54, 1.807) is 24.7 Å². The van der Waals surface area contributed by atoms with E-state index in [1.807, 2.05) is 30.3 Å². The molecule has 5 N–H and O–H groups in total. The fourth-order valence-corrected chi connectivity index (χ4v) is 3.33. The number of H-pyrrole nitrogens is 3. The van der Waals surface area contributed by atoms with Crippen LogP contribution < -0.4 is 15.9 Å². The van der Waals surface area contributed by atoms with Gasteiger partial charge in [-0.15, -0.1) is 0 Å². The summed E-state index contributed by atoms with van der Waals surface area (Å²) in [4.78, 5) is 25.8. The number of aromatic nitrogens is 4. The normalized spacial score (nSPS) is 12.2. The highest BCUT2D eigenvalue weighted by Gasteiger charge is 2.16. The molecule has 0 fully saturated rings. The Hall–Kier alpha value is -2.97. The van der Waals surface area contributed by atoms with Gasteiger partial charge in [0.05, 0.1) is 11.8 Å². The van der Waals surface area contributed by atoms with Crippen LogP contribution in [0.25, 0.3) is 22.4 Å². The lowest BCUT2D eigenvalue weighted by molar-refractivity contribution is -0.376. The Balaban J connectivity index is 1.64. The highest BCUT2D eigenvalue weighted by Crippen LogP contribution is 2.25. The van der Waals surface area contributed by atoms with Crippen LogP contribution in [0.2, 0.25) is 0 Å². The summed E-state index contributed by atoms with van der Waals surface area (Å²) in [5.74, 6) is 0.464. The summed E-state index contributed by atoms with van der Waals surface area (Å²) in [6.45, 7) is 0.251. The van der Waals surface area contributed by atoms with Crippen LogP contribution in [0.1, 0.15) is 11.7 Å². The average molecular weight is 427 g/mol. The number of aromatic amines is 3. The van der Waals surface area contributed by atoms with Crippen molar-refractivity contribution in [1.29, 1.82) is 0 Å². The third kappa shape index (κ3) is 3.62. The number of hydrogen-bond donors (Lipinski definition) is 4. The number of aliphatic hydroxyl groups is 1. The number of nitrogens with zero attached hydrogens (tertiary/aromatic N) is 1. The molecule has 0 saturated heterocycles. The molecule has 1 unspecified atom stereocenters. The van der Waals surface area contributed by atoms with Crippen LogP contribution in [0.3, 0.4) is 0 Å². The summed E-state index contributed by atoms with van der Waals surface area (Å²) in [5, 5.41) is 13.6. The molecule has 3 heterocycles. The summed E-state index contributed by atoms with van der Waals surface area (Å²) in [5.41, 5.74) is 3.07. The Labute approximate surface area is 162 Å². The maximum absolute atomic E-state index is 12.4. The highest BCUT2D eigenvalue weighted by atomic mass is 79.9. The molecule has 8 heteroatoms. The van der Waals surface area contributed by atoms with Crippen molar-refractivity contribution in [1.82, 2.24) is 15.0 Å². The molecule has 4 rings (SSSR count). The molecule has 7 nitrogen and oxygen atoms in total. The van der Waals surface area contributed by atoms with E-state index in [0.29, 0.717) is 17.1 Å². The van der Waals surface area contributed by atoms with Crippen molar-refractivity contribution >= 4 is 32.7 Å². The number of nitrogens with one attached hydrogen (secondary N) is 4. The van der Waals surface area contributed by atoms with Gasteiger partial charge >= 0.3 is 0 Å². The second-order valence-corrected chi connectivity index (χ2v) is 6.99. The van der Waals surface area contributed by atoms with Crippen molar-refractivity contribution in [2.24, 2.45) is 0 Å². The van der Waals surface area contributed by atoms with Gasteiger partial charge in [0.1, 0.15) is 22.4 Å². The molecule has 0 aliphatic heterocycles. The minimum Gasteiger partial charge on any atom is -0.387 e. The fraction of sp³-hybridized carbons (Fsp3) is 0.105. The number of rotatable bonds is 5. The fourth-order valence-electron chi connectivity index (χ4n) is 2.91. The van der Waals surface area contributed by atoms with Gasteiger partial charge in [0.2, 0.25) is 0 Å². The van der Waals surface area contributed by atoms with Gasteiger partial charge < -0.3 is 20.4 Å². The van der Waals surface area contributed by atoms with Gasteiger partial charge in [0.25, 0.3) is 5.56 Å². The Morgan fingerprint density at radius 3 is 3.00 bits per heavy atom.